The molecule has 0 aliphatic carbocycles. The largest absolute Gasteiger partial charge is 0.393 e. The van der Waals surface area contributed by atoms with Gasteiger partial charge in [-0.2, -0.15) is 0 Å². The second-order valence-electron chi connectivity index (χ2n) is 7.37. The summed E-state index contributed by atoms with van der Waals surface area (Å²) in [7, 11) is 0. The molecule has 176 valence electrons. The SMILES string of the molecule is CC(=NOCCO)c1cnc2ccc(Cn3nnc4ncc(C(C)=NOCCO)nc43)cc2c1. The number of aromatic nitrogens is 6. The molecule has 4 rings (SSSR count). The Hall–Kier alpha value is -4.03. The third kappa shape index (κ3) is 5.30. The minimum Gasteiger partial charge on any atom is -0.393 e. The summed E-state index contributed by atoms with van der Waals surface area (Å²) in [4.78, 5) is 23.5. The fourth-order valence-electron chi connectivity index (χ4n) is 3.15. The Morgan fingerprint density at radius 1 is 0.971 bits per heavy atom. The van der Waals surface area contributed by atoms with E-state index in [9.17, 15) is 0 Å². The Bertz CT molecular complexity index is 1350. The number of hydrogen-bond acceptors (Lipinski definition) is 11. The lowest BCUT2D eigenvalue weighted by atomic mass is 10.1. The van der Waals surface area contributed by atoms with Crippen molar-refractivity contribution in [1.82, 2.24) is 29.9 Å². The molecule has 0 amide bonds. The van der Waals surface area contributed by atoms with Crippen molar-refractivity contribution in [3.8, 4) is 0 Å². The predicted octanol–water partition coefficient (Wildman–Crippen LogP) is 1.28. The van der Waals surface area contributed by atoms with Crippen LogP contribution in [0.3, 0.4) is 0 Å². The molecular weight excluding hydrogens is 440 g/mol. The van der Waals surface area contributed by atoms with Crippen molar-refractivity contribution >= 4 is 33.6 Å². The molecule has 4 aromatic rings. The van der Waals surface area contributed by atoms with Crippen LogP contribution in [0, 0.1) is 0 Å². The lowest BCUT2D eigenvalue weighted by molar-refractivity contribution is 0.0986. The van der Waals surface area contributed by atoms with Gasteiger partial charge in [0.05, 0.1) is 37.2 Å². The van der Waals surface area contributed by atoms with E-state index in [0.717, 1.165) is 22.0 Å². The van der Waals surface area contributed by atoms with Gasteiger partial charge < -0.3 is 19.9 Å². The smallest absolute Gasteiger partial charge is 0.221 e. The van der Waals surface area contributed by atoms with E-state index < -0.39 is 0 Å². The van der Waals surface area contributed by atoms with Gasteiger partial charge in [0.1, 0.15) is 24.6 Å². The Morgan fingerprint density at radius 2 is 1.74 bits per heavy atom. The molecule has 0 saturated carbocycles. The topological polar surface area (TPSA) is 153 Å². The molecule has 0 aliphatic heterocycles. The number of rotatable bonds is 10. The van der Waals surface area contributed by atoms with Crippen molar-refractivity contribution in [3.05, 3.63) is 53.5 Å². The van der Waals surface area contributed by atoms with E-state index in [-0.39, 0.29) is 26.4 Å². The molecule has 0 bridgehead atoms. The van der Waals surface area contributed by atoms with Crippen molar-refractivity contribution in [1.29, 1.82) is 0 Å². The van der Waals surface area contributed by atoms with E-state index in [2.05, 4.69) is 35.6 Å². The second kappa shape index (κ2) is 10.7. The van der Waals surface area contributed by atoms with Crippen LogP contribution in [0.5, 0.6) is 0 Å². The highest BCUT2D eigenvalue weighted by Gasteiger charge is 2.12. The van der Waals surface area contributed by atoms with E-state index in [1.54, 1.807) is 24.0 Å². The van der Waals surface area contributed by atoms with Crippen LogP contribution in [0.15, 0.2) is 47.0 Å². The number of aliphatic hydroxyl groups excluding tert-OH is 2. The van der Waals surface area contributed by atoms with Gasteiger partial charge in [-0.25, -0.2) is 14.6 Å². The minimum absolute atomic E-state index is 0.0944. The van der Waals surface area contributed by atoms with Crippen LogP contribution in [-0.4, -0.2) is 78.0 Å². The van der Waals surface area contributed by atoms with Gasteiger partial charge >= 0.3 is 0 Å². The molecule has 0 saturated heterocycles. The standard InChI is InChI=1S/C22H24N8O4/c1-14(27-33-7-5-31)18-10-17-9-16(3-4-19(17)23-11-18)13-30-22-21(26-29-30)24-12-20(25-22)15(2)28-34-8-6-32/h3-4,9-12,31-32H,5-8,13H2,1-2H3. The summed E-state index contributed by atoms with van der Waals surface area (Å²) < 4.78 is 1.67. The molecule has 0 atom stereocenters. The highest BCUT2D eigenvalue weighted by molar-refractivity contribution is 6.00. The van der Waals surface area contributed by atoms with Crippen molar-refractivity contribution in [3.63, 3.8) is 0 Å². The Labute approximate surface area is 194 Å². The van der Waals surface area contributed by atoms with Crippen LogP contribution < -0.4 is 0 Å². The summed E-state index contributed by atoms with van der Waals surface area (Å²) >= 11 is 0. The van der Waals surface area contributed by atoms with E-state index >= 15 is 0 Å². The zero-order valence-electron chi connectivity index (χ0n) is 18.8. The number of pyridine rings is 1. The molecule has 0 aliphatic rings. The van der Waals surface area contributed by atoms with E-state index in [1.807, 2.05) is 31.2 Å². The van der Waals surface area contributed by atoms with Crippen molar-refractivity contribution < 1.29 is 19.9 Å². The third-order valence-electron chi connectivity index (χ3n) is 4.86. The maximum atomic E-state index is 8.83. The molecule has 0 spiro atoms. The van der Waals surface area contributed by atoms with Crippen molar-refractivity contribution in [2.24, 2.45) is 10.3 Å². The quantitative estimate of drug-likeness (QED) is 0.201. The molecule has 1 aromatic carbocycles. The van der Waals surface area contributed by atoms with Gasteiger partial charge in [0.25, 0.3) is 0 Å². The first-order valence-corrected chi connectivity index (χ1v) is 10.6. The summed E-state index contributed by atoms with van der Waals surface area (Å²) in [6.07, 6.45) is 3.29. The molecule has 0 fully saturated rings. The molecule has 12 nitrogen and oxygen atoms in total. The zero-order chi connectivity index (χ0) is 23.9. The first-order valence-electron chi connectivity index (χ1n) is 10.6. The van der Waals surface area contributed by atoms with E-state index in [1.165, 1.54) is 0 Å². The lowest BCUT2D eigenvalue weighted by Gasteiger charge is -2.07. The number of nitrogens with zero attached hydrogens (tertiary/aromatic N) is 8. The first-order chi connectivity index (χ1) is 16.6. The Morgan fingerprint density at radius 3 is 2.50 bits per heavy atom. The molecule has 0 unspecified atom stereocenters. The van der Waals surface area contributed by atoms with Crippen molar-refractivity contribution in [2.75, 3.05) is 26.4 Å². The van der Waals surface area contributed by atoms with E-state index in [4.69, 9.17) is 19.9 Å². The summed E-state index contributed by atoms with van der Waals surface area (Å²) in [6.45, 7) is 4.02. The van der Waals surface area contributed by atoms with Gasteiger partial charge in [0, 0.05) is 17.1 Å². The highest BCUT2D eigenvalue weighted by Crippen LogP contribution is 2.18. The van der Waals surface area contributed by atoms with Crippen LogP contribution in [0.1, 0.15) is 30.7 Å². The third-order valence-corrected chi connectivity index (χ3v) is 4.86. The molecule has 3 aromatic heterocycles. The molecule has 0 radical (unpaired) electrons. The van der Waals surface area contributed by atoms with Gasteiger partial charge in [0.2, 0.25) is 5.65 Å². The number of oxime groups is 2. The van der Waals surface area contributed by atoms with Gasteiger partial charge in [0.15, 0.2) is 5.65 Å². The molecule has 3 heterocycles. The Balaban J connectivity index is 1.60. The van der Waals surface area contributed by atoms with Gasteiger partial charge in [-0.3, -0.25) is 4.98 Å². The number of hydrogen-bond donors (Lipinski definition) is 2. The summed E-state index contributed by atoms with van der Waals surface area (Å²) in [5.41, 5.74) is 5.31. The van der Waals surface area contributed by atoms with Gasteiger partial charge in [-0.15, -0.1) is 5.10 Å². The number of fused-ring (bicyclic) bond motifs is 2. The normalized spacial score (nSPS) is 12.5. The van der Waals surface area contributed by atoms with Crippen LogP contribution in [-0.2, 0) is 16.2 Å². The monoisotopic (exact) mass is 464 g/mol. The van der Waals surface area contributed by atoms with Gasteiger partial charge in [-0.1, -0.05) is 21.6 Å². The maximum absolute atomic E-state index is 8.83. The molecular formula is C22H24N8O4. The molecule has 2 N–H and O–H groups in total. The average Bonchev–Trinajstić information content (AvgIpc) is 3.25. The number of aliphatic hydroxyl groups is 2. The second-order valence-corrected chi connectivity index (χ2v) is 7.37. The summed E-state index contributed by atoms with van der Waals surface area (Å²) in [5.74, 6) is 0. The van der Waals surface area contributed by atoms with Crippen molar-refractivity contribution in [2.45, 2.75) is 20.4 Å². The minimum atomic E-state index is -0.120. The van der Waals surface area contributed by atoms with Crippen LogP contribution >= 0.6 is 0 Å². The zero-order valence-corrected chi connectivity index (χ0v) is 18.8. The van der Waals surface area contributed by atoms with Crippen LogP contribution in [0.25, 0.3) is 22.2 Å². The van der Waals surface area contributed by atoms with E-state index in [0.29, 0.717) is 35.0 Å². The molecule has 12 heteroatoms. The maximum Gasteiger partial charge on any atom is 0.221 e. The average molecular weight is 464 g/mol. The fourth-order valence-corrected chi connectivity index (χ4v) is 3.15. The highest BCUT2D eigenvalue weighted by atomic mass is 16.6. The lowest BCUT2D eigenvalue weighted by Crippen LogP contribution is -2.07. The first kappa shape index (κ1) is 23.1. The Kier molecular flexibility index (Phi) is 7.30. The van der Waals surface area contributed by atoms with Crippen LogP contribution in [0.2, 0.25) is 0 Å². The van der Waals surface area contributed by atoms with Gasteiger partial charge in [-0.05, 0) is 37.6 Å². The fraction of sp³-hybridized carbons (Fsp3) is 0.318. The summed E-state index contributed by atoms with van der Waals surface area (Å²) in [5, 5.41) is 34.8. The van der Waals surface area contributed by atoms with Crippen LogP contribution in [0.4, 0.5) is 0 Å². The molecule has 34 heavy (non-hydrogen) atoms. The predicted molar refractivity (Wildman–Crippen MR) is 124 cm³/mol. The summed E-state index contributed by atoms with van der Waals surface area (Å²) in [6, 6.07) is 7.92. The number of benzene rings is 1.